The van der Waals surface area contributed by atoms with Crippen LogP contribution in [0.3, 0.4) is 0 Å². The van der Waals surface area contributed by atoms with Crippen molar-refractivity contribution >= 4 is 11.8 Å². The molecule has 20 heavy (non-hydrogen) atoms. The summed E-state index contributed by atoms with van der Waals surface area (Å²) in [5.41, 5.74) is 0.372. The zero-order chi connectivity index (χ0) is 15.1. The van der Waals surface area contributed by atoms with Gasteiger partial charge in [-0.25, -0.2) is 4.39 Å². The number of carbonyl (C=O) groups is 2. The number of Topliss-reactive ketones (excluding diaryl/α,β-unsaturated/α-hetero) is 1. The Morgan fingerprint density at radius 1 is 1.25 bits per heavy atom. The third-order valence-electron chi connectivity index (χ3n) is 2.82. The van der Waals surface area contributed by atoms with Gasteiger partial charge in [-0.1, -0.05) is 13.8 Å². The number of ketones is 1. The number of halogens is 1. The summed E-state index contributed by atoms with van der Waals surface area (Å²) in [6.45, 7) is 4.61. The topological polar surface area (TPSA) is 55.4 Å². The molecule has 0 aliphatic heterocycles. The van der Waals surface area contributed by atoms with Crippen LogP contribution < -0.4 is 5.32 Å². The van der Waals surface area contributed by atoms with Gasteiger partial charge in [-0.2, -0.15) is 0 Å². The molecule has 1 rings (SSSR count). The van der Waals surface area contributed by atoms with E-state index >= 15 is 0 Å². The molecular weight excluding hydrogens is 261 g/mol. The summed E-state index contributed by atoms with van der Waals surface area (Å²) in [7, 11) is 1.28. The lowest BCUT2D eigenvalue weighted by Crippen LogP contribution is -2.40. The predicted octanol–water partition coefficient (Wildman–Crippen LogP) is 2.19. The van der Waals surface area contributed by atoms with E-state index in [1.54, 1.807) is 0 Å². The van der Waals surface area contributed by atoms with Crippen molar-refractivity contribution in [2.24, 2.45) is 5.92 Å². The number of benzene rings is 1. The van der Waals surface area contributed by atoms with Crippen LogP contribution in [0.25, 0.3) is 0 Å². The molecule has 0 fully saturated rings. The van der Waals surface area contributed by atoms with Crippen molar-refractivity contribution in [2.75, 3.05) is 13.7 Å². The van der Waals surface area contributed by atoms with Gasteiger partial charge in [-0.3, -0.25) is 9.59 Å². The number of ether oxygens (including phenoxy) is 1. The number of nitrogens with one attached hydrogen (secondary N) is 1. The molecule has 0 bridgehead atoms. The molecule has 4 nitrogen and oxygen atoms in total. The van der Waals surface area contributed by atoms with Crippen LogP contribution in [0, 0.1) is 11.7 Å². The molecular formula is C15H20FNO3. The highest BCUT2D eigenvalue weighted by Crippen LogP contribution is 2.09. The highest BCUT2D eigenvalue weighted by atomic mass is 19.1. The van der Waals surface area contributed by atoms with Gasteiger partial charge in [0.15, 0.2) is 5.78 Å². The number of hydrogen-bond acceptors (Lipinski definition) is 4. The van der Waals surface area contributed by atoms with Crippen LogP contribution in [0.1, 0.15) is 30.6 Å². The quantitative estimate of drug-likeness (QED) is 0.615. The average molecular weight is 281 g/mol. The highest BCUT2D eigenvalue weighted by Gasteiger charge is 2.23. The van der Waals surface area contributed by atoms with Gasteiger partial charge in [-0.15, -0.1) is 0 Å². The maximum absolute atomic E-state index is 12.9. The number of esters is 1. The van der Waals surface area contributed by atoms with Gasteiger partial charge in [0.05, 0.1) is 19.6 Å². The molecule has 0 saturated carbocycles. The predicted molar refractivity (Wildman–Crippen MR) is 74.0 cm³/mol. The van der Waals surface area contributed by atoms with Gasteiger partial charge in [0.2, 0.25) is 0 Å². The summed E-state index contributed by atoms with van der Waals surface area (Å²) < 4.78 is 17.5. The molecule has 5 heteroatoms. The minimum Gasteiger partial charge on any atom is -0.469 e. The molecule has 1 N–H and O–H groups in total. The van der Waals surface area contributed by atoms with Gasteiger partial charge in [0.25, 0.3) is 0 Å². The second-order valence-corrected chi connectivity index (χ2v) is 5.01. The summed E-state index contributed by atoms with van der Waals surface area (Å²) in [6.07, 6.45) is -0.0422. The third kappa shape index (κ3) is 5.09. The van der Waals surface area contributed by atoms with Gasteiger partial charge >= 0.3 is 5.97 Å². The molecule has 0 radical (unpaired) electrons. The fourth-order valence-electron chi connectivity index (χ4n) is 1.70. The molecule has 0 saturated heterocycles. The first-order chi connectivity index (χ1) is 9.43. The van der Waals surface area contributed by atoms with Crippen LogP contribution in [0.4, 0.5) is 4.39 Å². The van der Waals surface area contributed by atoms with Crippen molar-refractivity contribution in [1.29, 1.82) is 0 Å². The number of carbonyl (C=O) groups excluding carboxylic acids is 2. The van der Waals surface area contributed by atoms with Crippen LogP contribution in [0.15, 0.2) is 24.3 Å². The smallest absolute Gasteiger partial charge is 0.307 e. The largest absolute Gasteiger partial charge is 0.469 e. The van der Waals surface area contributed by atoms with Crippen molar-refractivity contribution in [1.82, 2.24) is 5.32 Å². The molecule has 0 aliphatic carbocycles. The zero-order valence-corrected chi connectivity index (χ0v) is 12.0. The fourth-order valence-corrected chi connectivity index (χ4v) is 1.70. The van der Waals surface area contributed by atoms with E-state index in [4.69, 9.17) is 0 Å². The van der Waals surface area contributed by atoms with E-state index in [0.717, 1.165) is 0 Å². The maximum atomic E-state index is 12.9. The van der Waals surface area contributed by atoms with Crippen molar-refractivity contribution in [3.8, 4) is 0 Å². The van der Waals surface area contributed by atoms with Crippen LogP contribution >= 0.6 is 0 Å². The Morgan fingerprint density at radius 2 is 1.85 bits per heavy atom. The number of hydrogen-bond donors (Lipinski definition) is 1. The molecule has 0 aliphatic rings. The van der Waals surface area contributed by atoms with E-state index in [-0.39, 0.29) is 12.2 Å². The average Bonchev–Trinajstić information content (AvgIpc) is 2.43. The molecule has 1 aromatic rings. The van der Waals surface area contributed by atoms with E-state index in [2.05, 4.69) is 10.1 Å². The minimum atomic E-state index is -0.657. The standard InChI is InChI=1S/C15H20FNO3/c1-10(2)9-17-13(8-14(18)20-3)15(19)11-4-6-12(16)7-5-11/h4-7,10,13,17H,8-9H2,1-3H3. The Balaban J connectivity index is 2.82. The van der Waals surface area contributed by atoms with Crippen molar-refractivity contribution < 1.29 is 18.7 Å². The van der Waals surface area contributed by atoms with Crippen LogP contribution in [-0.4, -0.2) is 31.4 Å². The number of methoxy groups -OCH3 is 1. The van der Waals surface area contributed by atoms with E-state index in [0.29, 0.717) is 18.0 Å². The monoisotopic (exact) mass is 281 g/mol. The Kier molecular flexibility index (Phi) is 6.31. The van der Waals surface area contributed by atoms with Crippen LogP contribution in [-0.2, 0) is 9.53 Å². The minimum absolute atomic E-state index is 0.0422. The number of rotatable bonds is 7. The fraction of sp³-hybridized carbons (Fsp3) is 0.467. The van der Waals surface area contributed by atoms with Crippen molar-refractivity contribution in [3.63, 3.8) is 0 Å². The first-order valence-electron chi connectivity index (χ1n) is 6.54. The summed E-state index contributed by atoms with van der Waals surface area (Å²) in [5.74, 6) is -0.754. The first kappa shape index (κ1) is 16.3. The Morgan fingerprint density at radius 3 is 2.35 bits per heavy atom. The Labute approximate surface area is 118 Å². The van der Waals surface area contributed by atoms with Gasteiger partial charge < -0.3 is 10.1 Å². The first-order valence-corrected chi connectivity index (χ1v) is 6.54. The summed E-state index contributed by atoms with van der Waals surface area (Å²) in [5, 5.41) is 3.05. The summed E-state index contributed by atoms with van der Waals surface area (Å²) in [4.78, 5) is 23.7. The summed E-state index contributed by atoms with van der Waals surface area (Å²) >= 11 is 0. The second kappa shape index (κ2) is 7.75. The highest BCUT2D eigenvalue weighted by molar-refractivity contribution is 6.01. The molecule has 0 amide bonds. The van der Waals surface area contributed by atoms with E-state index < -0.39 is 17.8 Å². The normalized spacial score (nSPS) is 12.2. The van der Waals surface area contributed by atoms with E-state index in [1.807, 2.05) is 13.8 Å². The second-order valence-electron chi connectivity index (χ2n) is 5.01. The summed E-state index contributed by atoms with van der Waals surface area (Å²) in [6, 6.07) is 4.63. The van der Waals surface area contributed by atoms with Crippen molar-refractivity contribution in [3.05, 3.63) is 35.6 Å². The van der Waals surface area contributed by atoms with Gasteiger partial charge in [0, 0.05) is 5.56 Å². The Hall–Kier alpha value is -1.75. The van der Waals surface area contributed by atoms with E-state index in [9.17, 15) is 14.0 Å². The molecule has 0 heterocycles. The maximum Gasteiger partial charge on any atom is 0.307 e. The zero-order valence-electron chi connectivity index (χ0n) is 12.0. The van der Waals surface area contributed by atoms with Crippen LogP contribution in [0.5, 0.6) is 0 Å². The van der Waals surface area contributed by atoms with Gasteiger partial charge in [-0.05, 0) is 36.7 Å². The molecule has 110 valence electrons. The SMILES string of the molecule is COC(=O)CC(NCC(C)C)C(=O)c1ccc(F)cc1. The van der Waals surface area contributed by atoms with Gasteiger partial charge in [0.1, 0.15) is 5.82 Å². The lowest BCUT2D eigenvalue weighted by Gasteiger charge is -2.18. The molecule has 0 aromatic heterocycles. The van der Waals surface area contributed by atoms with E-state index in [1.165, 1.54) is 31.4 Å². The Bertz CT molecular complexity index is 457. The molecule has 1 aromatic carbocycles. The lowest BCUT2D eigenvalue weighted by atomic mass is 10.0. The van der Waals surface area contributed by atoms with Crippen molar-refractivity contribution in [2.45, 2.75) is 26.3 Å². The molecule has 0 spiro atoms. The molecule has 1 unspecified atom stereocenters. The third-order valence-corrected chi connectivity index (χ3v) is 2.82. The molecule has 1 atom stereocenters. The lowest BCUT2D eigenvalue weighted by molar-refractivity contribution is -0.141. The van der Waals surface area contributed by atoms with Crippen LogP contribution in [0.2, 0.25) is 0 Å².